The van der Waals surface area contributed by atoms with Crippen molar-refractivity contribution in [2.45, 2.75) is 78.6 Å². The van der Waals surface area contributed by atoms with Gasteiger partial charge in [-0.15, -0.1) is 0 Å². The van der Waals surface area contributed by atoms with E-state index < -0.39 is 0 Å². The molecular formula is C15H28. The van der Waals surface area contributed by atoms with Crippen molar-refractivity contribution in [3.05, 3.63) is 0 Å². The zero-order chi connectivity index (χ0) is 10.9. The zero-order valence-electron chi connectivity index (χ0n) is 10.9. The summed E-state index contributed by atoms with van der Waals surface area (Å²) in [4.78, 5) is 0. The third-order valence-corrected chi connectivity index (χ3v) is 5.90. The first kappa shape index (κ1) is 11.5. The second-order valence-electron chi connectivity index (χ2n) is 6.62. The predicted molar refractivity (Wildman–Crippen MR) is 66.9 cm³/mol. The lowest BCUT2D eigenvalue weighted by atomic mass is 9.48. The van der Waals surface area contributed by atoms with Gasteiger partial charge < -0.3 is 0 Å². The molecule has 0 aromatic heterocycles. The molecule has 0 nitrogen and oxygen atoms in total. The first-order valence-corrected chi connectivity index (χ1v) is 7.11. The van der Waals surface area contributed by atoms with Crippen molar-refractivity contribution < 1.29 is 0 Å². The van der Waals surface area contributed by atoms with E-state index in [0.717, 1.165) is 11.3 Å². The second-order valence-corrected chi connectivity index (χ2v) is 6.62. The van der Waals surface area contributed by atoms with Gasteiger partial charge in [-0.2, -0.15) is 0 Å². The molecular weight excluding hydrogens is 180 g/mol. The van der Waals surface area contributed by atoms with Crippen LogP contribution in [0.15, 0.2) is 0 Å². The van der Waals surface area contributed by atoms with Crippen LogP contribution in [0.3, 0.4) is 0 Å². The summed E-state index contributed by atoms with van der Waals surface area (Å²) in [6.07, 6.45) is 13.6. The van der Waals surface area contributed by atoms with Gasteiger partial charge in [0, 0.05) is 0 Å². The van der Waals surface area contributed by atoms with Crippen molar-refractivity contribution in [3.63, 3.8) is 0 Å². The average molecular weight is 208 g/mol. The minimum absolute atomic E-state index is 0.645. The predicted octanol–water partition coefficient (Wildman–Crippen LogP) is 5.17. The third kappa shape index (κ3) is 1.74. The van der Waals surface area contributed by atoms with E-state index in [1.807, 2.05) is 0 Å². The molecule has 88 valence electrons. The van der Waals surface area contributed by atoms with E-state index >= 15 is 0 Å². The summed E-state index contributed by atoms with van der Waals surface area (Å²) in [5.74, 6) is 0.871. The maximum Gasteiger partial charge on any atom is -0.0241 e. The molecule has 2 fully saturated rings. The molecule has 0 bridgehead atoms. The second kappa shape index (κ2) is 4.11. The van der Waals surface area contributed by atoms with E-state index in [1.165, 1.54) is 57.8 Å². The molecule has 1 spiro atoms. The van der Waals surface area contributed by atoms with Crippen LogP contribution in [0.4, 0.5) is 0 Å². The normalized spacial score (nSPS) is 36.0. The molecule has 0 heteroatoms. The SMILES string of the molecule is CC(C)[C@]1(C)CCCCC12CCCCC2. The van der Waals surface area contributed by atoms with Crippen molar-refractivity contribution in [2.75, 3.05) is 0 Å². The summed E-state index contributed by atoms with van der Waals surface area (Å²) in [5, 5.41) is 0. The summed E-state index contributed by atoms with van der Waals surface area (Å²) in [6.45, 7) is 7.52. The molecule has 0 aromatic carbocycles. The smallest absolute Gasteiger partial charge is 0.0241 e. The first-order valence-electron chi connectivity index (χ1n) is 7.11. The van der Waals surface area contributed by atoms with Crippen molar-refractivity contribution in [1.82, 2.24) is 0 Å². The lowest BCUT2D eigenvalue weighted by Gasteiger charge is -2.57. The van der Waals surface area contributed by atoms with E-state index in [9.17, 15) is 0 Å². The fourth-order valence-electron chi connectivity index (χ4n) is 4.46. The molecule has 0 saturated heterocycles. The topological polar surface area (TPSA) is 0 Å². The molecule has 0 N–H and O–H groups in total. The fourth-order valence-corrected chi connectivity index (χ4v) is 4.46. The average Bonchev–Trinajstić information content (AvgIpc) is 2.24. The van der Waals surface area contributed by atoms with Crippen LogP contribution in [0.1, 0.15) is 78.6 Å². The highest BCUT2D eigenvalue weighted by Crippen LogP contribution is 2.61. The van der Waals surface area contributed by atoms with Crippen LogP contribution in [0, 0.1) is 16.7 Å². The molecule has 0 radical (unpaired) electrons. The van der Waals surface area contributed by atoms with Crippen molar-refractivity contribution in [1.29, 1.82) is 0 Å². The van der Waals surface area contributed by atoms with Crippen LogP contribution in [-0.2, 0) is 0 Å². The number of hydrogen-bond acceptors (Lipinski definition) is 0. The first-order chi connectivity index (χ1) is 7.11. The van der Waals surface area contributed by atoms with Gasteiger partial charge in [-0.1, -0.05) is 52.9 Å². The molecule has 0 aromatic rings. The lowest BCUT2D eigenvalue weighted by molar-refractivity contribution is -0.0652. The van der Waals surface area contributed by atoms with Gasteiger partial charge in [0.2, 0.25) is 0 Å². The molecule has 1 atom stereocenters. The van der Waals surface area contributed by atoms with Gasteiger partial charge in [0.15, 0.2) is 0 Å². The summed E-state index contributed by atoms with van der Waals surface area (Å²) in [6, 6.07) is 0. The highest BCUT2D eigenvalue weighted by molar-refractivity contribution is 5.00. The Morgan fingerprint density at radius 1 is 0.733 bits per heavy atom. The molecule has 2 aliphatic carbocycles. The van der Waals surface area contributed by atoms with Crippen LogP contribution in [0.25, 0.3) is 0 Å². The number of hydrogen-bond donors (Lipinski definition) is 0. The highest BCUT2D eigenvalue weighted by Gasteiger charge is 2.50. The van der Waals surface area contributed by atoms with Crippen LogP contribution < -0.4 is 0 Å². The van der Waals surface area contributed by atoms with E-state index in [2.05, 4.69) is 20.8 Å². The summed E-state index contributed by atoms with van der Waals surface area (Å²) >= 11 is 0. The van der Waals surface area contributed by atoms with Crippen molar-refractivity contribution in [3.8, 4) is 0 Å². The molecule has 0 unspecified atom stereocenters. The van der Waals surface area contributed by atoms with Gasteiger partial charge in [-0.3, -0.25) is 0 Å². The molecule has 0 heterocycles. The van der Waals surface area contributed by atoms with E-state index in [1.54, 1.807) is 0 Å². The maximum atomic E-state index is 2.60. The summed E-state index contributed by atoms with van der Waals surface area (Å²) in [7, 11) is 0. The minimum Gasteiger partial charge on any atom is -0.0622 e. The monoisotopic (exact) mass is 208 g/mol. The highest BCUT2D eigenvalue weighted by atomic mass is 14.5. The Morgan fingerprint density at radius 3 is 1.73 bits per heavy atom. The maximum absolute atomic E-state index is 2.60. The van der Waals surface area contributed by atoms with Crippen LogP contribution in [-0.4, -0.2) is 0 Å². The van der Waals surface area contributed by atoms with E-state index in [0.29, 0.717) is 5.41 Å². The van der Waals surface area contributed by atoms with Crippen LogP contribution >= 0.6 is 0 Å². The van der Waals surface area contributed by atoms with Gasteiger partial charge in [-0.05, 0) is 42.4 Å². The Kier molecular flexibility index (Phi) is 3.14. The van der Waals surface area contributed by atoms with Gasteiger partial charge in [0.1, 0.15) is 0 Å². The van der Waals surface area contributed by atoms with Crippen LogP contribution in [0.2, 0.25) is 0 Å². The summed E-state index contributed by atoms with van der Waals surface area (Å²) in [5.41, 5.74) is 1.38. The third-order valence-electron chi connectivity index (χ3n) is 5.90. The Bertz CT molecular complexity index is 202. The van der Waals surface area contributed by atoms with Crippen molar-refractivity contribution >= 4 is 0 Å². The molecule has 2 saturated carbocycles. The fraction of sp³-hybridized carbons (Fsp3) is 1.00. The standard InChI is InChI=1S/C15H28/c1-13(2)14(3)9-7-8-12-15(14)10-5-4-6-11-15/h13H,4-12H2,1-3H3/t14-/m0/s1. The largest absolute Gasteiger partial charge is 0.0622 e. The van der Waals surface area contributed by atoms with Crippen molar-refractivity contribution in [2.24, 2.45) is 16.7 Å². The Hall–Kier alpha value is 0. The Morgan fingerprint density at radius 2 is 1.20 bits per heavy atom. The van der Waals surface area contributed by atoms with Gasteiger partial charge >= 0.3 is 0 Å². The van der Waals surface area contributed by atoms with E-state index in [-0.39, 0.29) is 0 Å². The van der Waals surface area contributed by atoms with E-state index in [4.69, 9.17) is 0 Å². The minimum atomic E-state index is 0.645. The van der Waals surface area contributed by atoms with Gasteiger partial charge in [0.05, 0.1) is 0 Å². The van der Waals surface area contributed by atoms with Gasteiger partial charge in [-0.25, -0.2) is 0 Å². The Labute approximate surface area is 95.8 Å². The molecule has 0 amide bonds. The quantitative estimate of drug-likeness (QED) is 0.557. The lowest BCUT2D eigenvalue weighted by Crippen LogP contribution is -2.47. The molecule has 15 heavy (non-hydrogen) atoms. The zero-order valence-corrected chi connectivity index (χ0v) is 10.9. The molecule has 2 aliphatic rings. The van der Waals surface area contributed by atoms with Gasteiger partial charge in [0.25, 0.3) is 0 Å². The summed E-state index contributed by atoms with van der Waals surface area (Å²) < 4.78 is 0. The molecule has 0 aliphatic heterocycles. The van der Waals surface area contributed by atoms with Crippen LogP contribution in [0.5, 0.6) is 0 Å². The molecule has 2 rings (SSSR count). The Balaban J connectivity index is 2.24. The number of rotatable bonds is 1.